The van der Waals surface area contributed by atoms with Gasteiger partial charge in [0.15, 0.2) is 5.13 Å². The molecule has 0 spiro atoms. The Morgan fingerprint density at radius 2 is 1.88 bits per heavy atom. The van der Waals surface area contributed by atoms with Crippen LogP contribution in [0.5, 0.6) is 0 Å². The molecular formula is C16H20N4O3S2. The van der Waals surface area contributed by atoms with Crippen LogP contribution < -0.4 is 10.0 Å². The van der Waals surface area contributed by atoms with Crippen molar-refractivity contribution in [3.8, 4) is 0 Å². The Balaban J connectivity index is 1.58. The topological polar surface area (TPSA) is 91.4 Å². The number of rotatable bonds is 6. The lowest BCUT2D eigenvalue weighted by Gasteiger charge is -2.25. The second kappa shape index (κ2) is 7.94. The quantitative estimate of drug-likeness (QED) is 0.803. The Hall–Kier alpha value is -1.97. The van der Waals surface area contributed by atoms with E-state index in [2.05, 4.69) is 19.9 Å². The van der Waals surface area contributed by atoms with Crippen molar-refractivity contribution in [2.75, 3.05) is 29.7 Å². The molecular weight excluding hydrogens is 360 g/mol. The minimum absolute atomic E-state index is 0.0848. The molecule has 0 radical (unpaired) electrons. The fraction of sp³-hybridized carbons (Fsp3) is 0.375. The van der Waals surface area contributed by atoms with Crippen molar-refractivity contribution in [2.45, 2.75) is 24.2 Å². The van der Waals surface area contributed by atoms with Crippen molar-refractivity contribution in [2.24, 2.45) is 0 Å². The highest BCUT2D eigenvalue weighted by molar-refractivity contribution is 7.93. The summed E-state index contributed by atoms with van der Waals surface area (Å²) in [6, 6.07) is 6.11. The number of sulfonamides is 1. The van der Waals surface area contributed by atoms with Crippen LogP contribution in [0.3, 0.4) is 0 Å². The van der Waals surface area contributed by atoms with Crippen molar-refractivity contribution < 1.29 is 13.2 Å². The first-order valence-corrected chi connectivity index (χ1v) is 10.4. The van der Waals surface area contributed by atoms with Gasteiger partial charge in [0.2, 0.25) is 5.91 Å². The van der Waals surface area contributed by atoms with E-state index in [0.29, 0.717) is 17.4 Å². The van der Waals surface area contributed by atoms with Crippen LogP contribution in [0, 0.1) is 0 Å². The van der Waals surface area contributed by atoms with Crippen LogP contribution >= 0.6 is 11.3 Å². The van der Waals surface area contributed by atoms with Crippen molar-refractivity contribution in [1.29, 1.82) is 0 Å². The molecule has 1 aliphatic rings. The molecule has 0 unspecified atom stereocenters. The first kappa shape index (κ1) is 17.8. The molecule has 1 aliphatic heterocycles. The van der Waals surface area contributed by atoms with E-state index >= 15 is 0 Å². The number of carbonyl (C=O) groups excluding carboxylic acids is 1. The summed E-state index contributed by atoms with van der Waals surface area (Å²) in [5.74, 6) is -0.0848. The molecule has 1 amide bonds. The summed E-state index contributed by atoms with van der Waals surface area (Å²) >= 11 is 1.21. The van der Waals surface area contributed by atoms with Crippen LogP contribution in [0.15, 0.2) is 40.7 Å². The molecule has 0 atom stereocenters. The first-order valence-electron chi connectivity index (χ1n) is 8.07. The van der Waals surface area contributed by atoms with Crippen LogP contribution in [-0.2, 0) is 14.8 Å². The number of piperidine rings is 1. The lowest BCUT2D eigenvalue weighted by molar-refractivity contribution is -0.117. The molecule has 134 valence electrons. The van der Waals surface area contributed by atoms with Gasteiger partial charge in [-0.2, -0.15) is 0 Å². The minimum atomic E-state index is -3.67. The van der Waals surface area contributed by atoms with Gasteiger partial charge in [0.1, 0.15) is 0 Å². The van der Waals surface area contributed by atoms with Gasteiger partial charge in [0, 0.05) is 17.3 Å². The average Bonchev–Trinajstić information content (AvgIpc) is 3.08. The third-order valence-corrected chi connectivity index (χ3v) is 6.09. The summed E-state index contributed by atoms with van der Waals surface area (Å²) in [6.45, 7) is 2.27. The summed E-state index contributed by atoms with van der Waals surface area (Å²) in [5.41, 5.74) is 0.579. The van der Waals surface area contributed by atoms with E-state index in [-0.39, 0.29) is 10.8 Å². The van der Waals surface area contributed by atoms with Gasteiger partial charge in [0.05, 0.1) is 11.4 Å². The Labute approximate surface area is 151 Å². The lowest BCUT2D eigenvalue weighted by atomic mass is 10.1. The highest BCUT2D eigenvalue weighted by Crippen LogP contribution is 2.19. The minimum Gasteiger partial charge on any atom is -0.325 e. The largest absolute Gasteiger partial charge is 0.325 e. The van der Waals surface area contributed by atoms with Crippen molar-refractivity contribution in [1.82, 2.24) is 9.88 Å². The molecule has 2 aromatic rings. The van der Waals surface area contributed by atoms with Crippen LogP contribution in [-0.4, -0.2) is 43.8 Å². The Morgan fingerprint density at radius 1 is 1.16 bits per heavy atom. The summed E-state index contributed by atoms with van der Waals surface area (Å²) < 4.78 is 26.9. The number of carbonyl (C=O) groups is 1. The molecule has 7 nitrogen and oxygen atoms in total. The van der Waals surface area contributed by atoms with Gasteiger partial charge in [-0.15, -0.1) is 11.3 Å². The van der Waals surface area contributed by atoms with Crippen molar-refractivity contribution in [3.63, 3.8) is 0 Å². The highest BCUT2D eigenvalue weighted by atomic mass is 32.2. The third kappa shape index (κ3) is 5.00. The van der Waals surface area contributed by atoms with E-state index < -0.39 is 10.0 Å². The fourth-order valence-corrected chi connectivity index (χ4v) is 4.47. The number of nitrogens with zero attached hydrogens (tertiary/aromatic N) is 2. The summed E-state index contributed by atoms with van der Waals surface area (Å²) in [6.07, 6.45) is 5.02. The van der Waals surface area contributed by atoms with Gasteiger partial charge in [-0.1, -0.05) is 6.42 Å². The number of benzene rings is 1. The second-order valence-electron chi connectivity index (χ2n) is 5.85. The smallest absolute Gasteiger partial charge is 0.263 e. The van der Waals surface area contributed by atoms with Gasteiger partial charge in [-0.05, 0) is 50.2 Å². The van der Waals surface area contributed by atoms with Crippen molar-refractivity contribution >= 4 is 38.1 Å². The standard InChI is InChI=1S/C16H20N4O3S2/c21-15(12-20-9-2-1-3-10-20)18-13-4-6-14(7-5-13)25(22,23)19-16-17-8-11-24-16/h4-8,11H,1-3,9-10,12H2,(H,17,19)(H,18,21). The molecule has 25 heavy (non-hydrogen) atoms. The van der Waals surface area contributed by atoms with E-state index in [1.165, 1.54) is 36.1 Å². The second-order valence-corrected chi connectivity index (χ2v) is 8.43. The number of hydrogen-bond donors (Lipinski definition) is 2. The Bertz CT molecular complexity index is 798. The molecule has 2 heterocycles. The van der Waals surface area contributed by atoms with Gasteiger partial charge in [-0.25, -0.2) is 13.4 Å². The molecule has 2 N–H and O–H groups in total. The maximum atomic E-state index is 12.3. The molecule has 1 saturated heterocycles. The van der Waals surface area contributed by atoms with Gasteiger partial charge in [-0.3, -0.25) is 14.4 Å². The van der Waals surface area contributed by atoms with Crippen LogP contribution in [0.25, 0.3) is 0 Å². The van der Waals surface area contributed by atoms with Gasteiger partial charge >= 0.3 is 0 Å². The number of likely N-dealkylation sites (tertiary alicyclic amines) is 1. The third-order valence-electron chi connectivity index (χ3n) is 3.92. The zero-order valence-electron chi connectivity index (χ0n) is 13.6. The number of hydrogen-bond acceptors (Lipinski definition) is 6. The molecule has 1 fully saturated rings. The van der Waals surface area contributed by atoms with Gasteiger partial charge in [0.25, 0.3) is 10.0 Å². The summed E-state index contributed by atoms with van der Waals surface area (Å²) in [4.78, 5) is 18.2. The maximum absolute atomic E-state index is 12.3. The summed E-state index contributed by atoms with van der Waals surface area (Å²) in [7, 11) is -3.67. The van der Waals surface area contributed by atoms with Gasteiger partial charge < -0.3 is 5.32 Å². The van der Waals surface area contributed by atoms with E-state index in [1.54, 1.807) is 17.5 Å². The number of anilines is 2. The Morgan fingerprint density at radius 3 is 2.52 bits per heavy atom. The molecule has 3 rings (SSSR count). The molecule has 9 heteroatoms. The van der Waals surface area contributed by atoms with Crippen LogP contribution in [0.2, 0.25) is 0 Å². The predicted molar refractivity (Wildman–Crippen MR) is 98.3 cm³/mol. The monoisotopic (exact) mass is 380 g/mol. The first-order chi connectivity index (χ1) is 12.0. The molecule has 0 aliphatic carbocycles. The molecule has 1 aromatic carbocycles. The number of amides is 1. The summed E-state index contributed by atoms with van der Waals surface area (Å²) in [5, 5.41) is 4.82. The average molecular weight is 380 g/mol. The molecule has 0 saturated carbocycles. The van der Waals surface area contributed by atoms with Crippen molar-refractivity contribution in [3.05, 3.63) is 35.8 Å². The molecule has 0 bridgehead atoms. The van der Waals surface area contributed by atoms with E-state index in [4.69, 9.17) is 0 Å². The lowest BCUT2D eigenvalue weighted by Crippen LogP contribution is -2.36. The maximum Gasteiger partial charge on any atom is 0.263 e. The zero-order valence-corrected chi connectivity index (χ0v) is 15.3. The fourth-order valence-electron chi connectivity index (χ4n) is 2.69. The number of thiazole rings is 1. The van der Waals surface area contributed by atoms with E-state index in [9.17, 15) is 13.2 Å². The van der Waals surface area contributed by atoms with Crippen LogP contribution in [0.4, 0.5) is 10.8 Å². The SMILES string of the molecule is O=C(CN1CCCCC1)Nc1ccc(S(=O)(=O)Nc2nccs2)cc1. The van der Waals surface area contributed by atoms with E-state index in [0.717, 1.165) is 25.9 Å². The van der Waals surface area contributed by atoms with E-state index in [1.807, 2.05) is 0 Å². The molecule has 1 aromatic heterocycles. The zero-order chi connectivity index (χ0) is 17.7. The normalized spacial score (nSPS) is 15.7. The predicted octanol–water partition coefficient (Wildman–Crippen LogP) is 2.37. The van der Waals surface area contributed by atoms with Crippen LogP contribution in [0.1, 0.15) is 19.3 Å². The number of aromatic nitrogens is 1. The number of nitrogens with one attached hydrogen (secondary N) is 2. The Kier molecular flexibility index (Phi) is 5.67. The highest BCUT2D eigenvalue weighted by Gasteiger charge is 2.16.